The van der Waals surface area contributed by atoms with E-state index in [1.165, 1.54) is 19.3 Å². The molecule has 1 heterocycles. The zero-order chi connectivity index (χ0) is 17.9. The molecule has 3 amide bonds. The number of nitrogens with zero attached hydrogens (tertiary/aromatic N) is 1. The van der Waals surface area contributed by atoms with Crippen LogP contribution in [0.25, 0.3) is 0 Å². The molecule has 4 bridgehead atoms. The van der Waals surface area contributed by atoms with Crippen LogP contribution < -0.4 is 15.5 Å². The Hall–Kier alpha value is -2.04. The zero-order valence-electron chi connectivity index (χ0n) is 15.4. The Morgan fingerprint density at radius 1 is 1.08 bits per heavy atom. The van der Waals surface area contributed by atoms with Gasteiger partial charge in [0.15, 0.2) is 0 Å². The van der Waals surface area contributed by atoms with Crippen LogP contribution in [0.4, 0.5) is 16.2 Å². The zero-order valence-corrected chi connectivity index (χ0v) is 15.4. The topological polar surface area (TPSA) is 61.4 Å². The molecule has 0 atom stereocenters. The molecule has 1 aliphatic heterocycles. The van der Waals surface area contributed by atoms with Crippen LogP contribution >= 0.6 is 0 Å². The van der Waals surface area contributed by atoms with Crippen molar-refractivity contribution in [2.45, 2.75) is 57.4 Å². The summed E-state index contributed by atoms with van der Waals surface area (Å²) in [6, 6.07) is 5.79. The number of hydrogen-bond acceptors (Lipinski definition) is 2. The lowest BCUT2D eigenvalue weighted by Crippen LogP contribution is -2.60. The SMILES string of the molecule is CC(=O)N1CCc2cc(NC(=O)NC34CC5CC(CC(C5)C3)C4)ccc21. The highest BCUT2D eigenvalue weighted by molar-refractivity contribution is 5.95. The lowest BCUT2D eigenvalue weighted by atomic mass is 9.53. The minimum Gasteiger partial charge on any atom is -0.332 e. The number of amides is 3. The highest BCUT2D eigenvalue weighted by Gasteiger charge is 2.51. The van der Waals surface area contributed by atoms with Crippen LogP contribution in [0.5, 0.6) is 0 Å². The maximum atomic E-state index is 12.7. The standard InChI is InChI=1S/C21H27N3O2/c1-13(25)24-5-4-17-9-18(2-3-19(17)24)22-20(26)23-21-10-14-6-15(11-21)8-16(7-14)12-21/h2-3,9,14-16H,4-8,10-12H2,1H3,(H2,22,23,26). The van der Waals surface area contributed by atoms with Crippen LogP contribution in [0.1, 0.15) is 51.0 Å². The molecule has 0 radical (unpaired) electrons. The van der Waals surface area contributed by atoms with Crippen LogP contribution in [0.15, 0.2) is 18.2 Å². The lowest BCUT2D eigenvalue weighted by Gasteiger charge is -2.56. The van der Waals surface area contributed by atoms with Crippen LogP contribution in [-0.2, 0) is 11.2 Å². The van der Waals surface area contributed by atoms with Gasteiger partial charge in [-0.05, 0) is 86.5 Å². The summed E-state index contributed by atoms with van der Waals surface area (Å²) in [5.74, 6) is 2.53. The van der Waals surface area contributed by atoms with E-state index in [2.05, 4.69) is 10.6 Å². The molecular formula is C21H27N3O2. The molecular weight excluding hydrogens is 326 g/mol. The summed E-state index contributed by atoms with van der Waals surface area (Å²) in [5, 5.41) is 6.39. The highest BCUT2D eigenvalue weighted by atomic mass is 16.2. The second-order valence-corrected chi connectivity index (χ2v) is 9.04. The van der Waals surface area contributed by atoms with Gasteiger partial charge in [0.05, 0.1) is 0 Å². The average Bonchev–Trinajstić information content (AvgIpc) is 2.96. The van der Waals surface area contributed by atoms with Gasteiger partial charge in [-0.25, -0.2) is 4.79 Å². The lowest BCUT2D eigenvalue weighted by molar-refractivity contribution is -0.116. The number of anilines is 2. The first-order chi connectivity index (χ1) is 12.5. The van der Waals surface area contributed by atoms with Crippen LogP contribution in [0.2, 0.25) is 0 Å². The molecule has 0 aromatic heterocycles. The molecule has 0 unspecified atom stereocenters. The van der Waals surface area contributed by atoms with E-state index in [4.69, 9.17) is 0 Å². The van der Waals surface area contributed by atoms with E-state index < -0.39 is 0 Å². The summed E-state index contributed by atoms with van der Waals surface area (Å²) in [6.07, 6.45) is 8.44. The van der Waals surface area contributed by atoms with Gasteiger partial charge in [-0.15, -0.1) is 0 Å². The van der Waals surface area contributed by atoms with Crippen LogP contribution in [-0.4, -0.2) is 24.0 Å². The predicted molar refractivity (Wildman–Crippen MR) is 101 cm³/mol. The maximum absolute atomic E-state index is 12.7. The quantitative estimate of drug-likeness (QED) is 0.852. The first-order valence-electron chi connectivity index (χ1n) is 10.00. The molecule has 4 fully saturated rings. The fraction of sp³-hybridized carbons (Fsp3) is 0.619. The van der Waals surface area contributed by atoms with Crippen molar-refractivity contribution in [3.05, 3.63) is 23.8 Å². The number of rotatable bonds is 2. The Morgan fingerprint density at radius 2 is 1.73 bits per heavy atom. The third-order valence-corrected chi connectivity index (χ3v) is 7.03. The Labute approximate surface area is 154 Å². The minimum atomic E-state index is -0.0756. The van der Waals surface area contributed by atoms with Gasteiger partial charge in [-0.2, -0.15) is 0 Å². The number of hydrogen-bond donors (Lipinski definition) is 2. The molecule has 5 nitrogen and oxygen atoms in total. The fourth-order valence-corrected chi connectivity index (χ4v) is 6.47. The van der Waals surface area contributed by atoms with Gasteiger partial charge in [0, 0.05) is 30.4 Å². The Balaban J connectivity index is 1.27. The summed E-state index contributed by atoms with van der Waals surface area (Å²) >= 11 is 0. The Kier molecular flexibility index (Phi) is 3.56. The van der Waals surface area contributed by atoms with Gasteiger partial charge >= 0.3 is 6.03 Å². The third-order valence-electron chi connectivity index (χ3n) is 7.03. The number of fused-ring (bicyclic) bond motifs is 1. The van der Waals surface area contributed by atoms with Crippen LogP contribution in [0.3, 0.4) is 0 Å². The van der Waals surface area contributed by atoms with E-state index in [-0.39, 0.29) is 17.5 Å². The van der Waals surface area contributed by atoms with Gasteiger partial charge in [0.25, 0.3) is 0 Å². The van der Waals surface area contributed by atoms with E-state index in [0.29, 0.717) is 0 Å². The van der Waals surface area contributed by atoms with Gasteiger partial charge in [0.1, 0.15) is 0 Å². The van der Waals surface area contributed by atoms with E-state index in [1.54, 1.807) is 11.8 Å². The molecule has 6 rings (SSSR count). The Morgan fingerprint density at radius 3 is 2.35 bits per heavy atom. The van der Waals surface area contributed by atoms with Gasteiger partial charge < -0.3 is 15.5 Å². The van der Waals surface area contributed by atoms with E-state index in [9.17, 15) is 9.59 Å². The van der Waals surface area contributed by atoms with Crippen molar-refractivity contribution < 1.29 is 9.59 Å². The van der Waals surface area contributed by atoms with Crippen molar-refractivity contribution in [3.63, 3.8) is 0 Å². The fourth-order valence-electron chi connectivity index (χ4n) is 6.47. The maximum Gasteiger partial charge on any atom is 0.319 e. The molecule has 5 aliphatic rings. The summed E-state index contributed by atoms with van der Waals surface area (Å²) in [5.41, 5.74) is 2.95. The van der Waals surface area contributed by atoms with Crippen molar-refractivity contribution in [1.82, 2.24) is 5.32 Å². The first kappa shape index (κ1) is 16.2. The summed E-state index contributed by atoms with van der Waals surface area (Å²) in [7, 11) is 0. The van der Waals surface area contributed by atoms with Gasteiger partial charge in [-0.3, -0.25) is 4.79 Å². The van der Waals surface area contributed by atoms with E-state index in [0.717, 1.165) is 66.9 Å². The summed E-state index contributed by atoms with van der Waals surface area (Å²) < 4.78 is 0. The average molecular weight is 353 g/mol. The third kappa shape index (κ3) is 2.68. The second kappa shape index (κ2) is 5.73. The smallest absolute Gasteiger partial charge is 0.319 e. The molecule has 4 aliphatic carbocycles. The minimum absolute atomic E-state index is 0.0288. The van der Waals surface area contributed by atoms with Crippen LogP contribution in [0, 0.1) is 17.8 Å². The molecule has 1 aromatic rings. The molecule has 138 valence electrons. The monoisotopic (exact) mass is 353 g/mol. The molecule has 1 aromatic carbocycles. The summed E-state index contributed by atoms with van der Waals surface area (Å²) in [4.78, 5) is 26.2. The number of carbonyl (C=O) groups excluding carboxylic acids is 2. The molecule has 5 heteroatoms. The van der Waals surface area contributed by atoms with Crippen molar-refractivity contribution in [2.24, 2.45) is 17.8 Å². The normalized spacial score (nSPS) is 33.9. The predicted octanol–water partition coefficient (Wildman–Crippen LogP) is 3.69. The molecule has 0 saturated heterocycles. The van der Waals surface area contributed by atoms with E-state index in [1.807, 2.05) is 18.2 Å². The molecule has 4 saturated carbocycles. The van der Waals surface area contributed by atoms with Gasteiger partial charge in [0.2, 0.25) is 5.91 Å². The summed E-state index contributed by atoms with van der Waals surface area (Å²) in [6.45, 7) is 2.33. The Bertz CT molecular complexity index is 737. The van der Waals surface area contributed by atoms with Crippen molar-refractivity contribution in [3.8, 4) is 0 Å². The molecule has 26 heavy (non-hydrogen) atoms. The van der Waals surface area contributed by atoms with Crippen molar-refractivity contribution in [2.75, 3.05) is 16.8 Å². The number of carbonyl (C=O) groups is 2. The molecule has 2 N–H and O–H groups in total. The van der Waals surface area contributed by atoms with Crippen molar-refractivity contribution in [1.29, 1.82) is 0 Å². The second-order valence-electron chi connectivity index (χ2n) is 9.04. The highest BCUT2D eigenvalue weighted by Crippen LogP contribution is 2.55. The van der Waals surface area contributed by atoms with E-state index >= 15 is 0 Å². The molecule has 0 spiro atoms. The number of urea groups is 1. The number of benzene rings is 1. The largest absolute Gasteiger partial charge is 0.332 e. The number of nitrogens with one attached hydrogen (secondary N) is 2. The van der Waals surface area contributed by atoms with Gasteiger partial charge in [-0.1, -0.05) is 0 Å². The van der Waals surface area contributed by atoms with Crippen molar-refractivity contribution >= 4 is 23.3 Å². The first-order valence-corrected chi connectivity index (χ1v) is 10.00.